The monoisotopic (exact) mass is 461 g/mol. The number of aromatic nitrogens is 3. The van der Waals surface area contributed by atoms with Crippen molar-refractivity contribution in [3.63, 3.8) is 0 Å². The van der Waals surface area contributed by atoms with Gasteiger partial charge in [-0.1, -0.05) is 6.07 Å². The van der Waals surface area contributed by atoms with Crippen LogP contribution < -0.4 is 15.3 Å². The van der Waals surface area contributed by atoms with E-state index in [1.807, 2.05) is 17.3 Å². The number of hydrogen-bond acceptors (Lipinski definition) is 8. The summed E-state index contributed by atoms with van der Waals surface area (Å²) in [6, 6.07) is 14.9. The van der Waals surface area contributed by atoms with Gasteiger partial charge < -0.3 is 20.1 Å². The van der Waals surface area contributed by atoms with Crippen LogP contribution in [0.2, 0.25) is 0 Å². The fourth-order valence-electron chi connectivity index (χ4n) is 4.52. The van der Waals surface area contributed by atoms with Crippen LogP contribution in [0.3, 0.4) is 0 Å². The molecule has 2 fully saturated rings. The van der Waals surface area contributed by atoms with Gasteiger partial charge in [0.25, 0.3) is 0 Å². The lowest BCUT2D eigenvalue weighted by Gasteiger charge is -2.34. The zero-order chi connectivity index (χ0) is 22.2. The molecule has 2 aliphatic heterocycles. The lowest BCUT2D eigenvalue weighted by molar-refractivity contribution is 0.158. The zero-order valence-electron chi connectivity index (χ0n) is 18.6. The molecule has 9 heteroatoms. The Balaban J connectivity index is 1.26. The molecule has 0 unspecified atom stereocenters. The van der Waals surface area contributed by atoms with E-state index in [9.17, 15) is 0 Å². The Labute approximate surface area is 196 Å². The van der Waals surface area contributed by atoms with Crippen molar-refractivity contribution >= 4 is 45.5 Å². The summed E-state index contributed by atoms with van der Waals surface area (Å²) in [6.45, 7) is 4.98. The standard InChI is InChI=1S/C24H27N7OS/c1-29-11-13-30(14-12-29)18-6-4-17(5-7-18)26-24-27-22-19(8-10-25-22)23(28-24)31-20(9-15-32-31)21-3-2-16-33-21/h2-8,10,16,20H,9,11-15H2,1H3,(H2,25,26,27,28)/t20-/m0/s1. The highest BCUT2D eigenvalue weighted by Crippen LogP contribution is 2.39. The fourth-order valence-corrected chi connectivity index (χ4v) is 5.36. The molecule has 2 aliphatic rings. The third-order valence-electron chi connectivity index (χ3n) is 6.37. The van der Waals surface area contributed by atoms with Crippen molar-refractivity contribution in [2.75, 3.05) is 55.1 Å². The van der Waals surface area contributed by atoms with Gasteiger partial charge in [-0.05, 0) is 48.8 Å². The molecule has 5 heterocycles. The van der Waals surface area contributed by atoms with Gasteiger partial charge >= 0.3 is 0 Å². The first-order valence-corrected chi connectivity index (χ1v) is 12.2. The van der Waals surface area contributed by atoms with Crippen LogP contribution in [0.15, 0.2) is 54.0 Å². The molecule has 0 amide bonds. The molecule has 170 valence electrons. The van der Waals surface area contributed by atoms with Crippen LogP contribution in [0.1, 0.15) is 17.3 Å². The van der Waals surface area contributed by atoms with E-state index in [1.54, 1.807) is 11.3 Å². The predicted octanol–water partition coefficient (Wildman–Crippen LogP) is 4.40. The summed E-state index contributed by atoms with van der Waals surface area (Å²) in [7, 11) is 2.18. The normalized spacial score (nSPS) is 19.5. The Bertz CT molecular complexity index is 1220. The number of nitrogens with one attached hydrogen (secondary N) is 2. The first-order chi connectivity index (χ1) is 16.2. The number of thiophene rings is 1. The van der Waals surface area contributed by atoms with Gasteiger partial charge in [0.1, 0.15) is 5.65 Å². The molecule has 0 radical (unpaired) electrons. The number of anilines is 4. The minimum Gasteiger partial charge on any atom is -0.369 e. The lowest BCUT2D eigenvalue weighted by Crippen LogP contribution is -2.44. The maximum Gasteiger partial charge on any atom is 0.231 e. The number of rotatable bonds is 5. The molecule has 33 heavy (non-hydrogen) atoms. The molecule has 2 N–H and O–H groups in total. The maximum absolute atomic E-state index is 6.05. The summed E-state index contributed by atoms with van der Waals surface area (Å²) >= 11 is 1.75. The van der Waals surface area contributed by atoms with Gasteiger partial charge in [0.15, 0.2) is 5.82 Å². The summed E-state index contributed by atoms with van der Waals surface area (Å²) in [6.07, 6.45) is 2.83. The third-order valence-corrected chi connectivity index (χ3v) is 7.35. The Morgan fingerprint density at radius 1 is 1.06 bits per heavy atom. The second-order valence-electron chi connectivity index (χ2n) is 8.55. The van der Waals surface area contributed by atoms with Crippen molar-refractivity contribution in [1.82, 2.24) is 19.9 Å². The first-order valence-electron chi connectivity index (χ1n) is 11.4. The molecule has 0 bridgehead atoms. The SMILES string of the molecule is CN1CCN(c2ccc(Nc3nc(N4OCC[C@H]4c4cccs4)c4cc[nH]c4n3)cc2)CC1. The zero-order valence-corrected chi connectivity index (χ0v) is 19.4. The first kappa shape index (κ1) is 20.5. The van der Waals surface area contributed by atoms with Gasteiger partial charge in [-0.3, -0.25) is 4.84 Å². The number of nitrogens with zero attached hydrogens (tertiary/aromatic N) is 5. The topological polar surface area (TPSA) is 72.6 Å². The van der Waals surface area contributed by atoms with Crippen molar-refractivity contribution in [3.8, 4) is 0 Å². The average Bonchev–Trinajstić information content (AvgIpc) is 3.60. The number of aromatic amines is 1. The summed E-state index contributed by atoms with van der Waals surface area (Å²) in [4.78, 5) is 24.9. The van der Waals surface area contributed by atoms with Gasteiger partial charge in [0, 0.05) is 55.0 Å². The molecule has 4 aromatic rings. The maximum atomic E-state index is 6.05. The minimum absolute atomic E-state index is 0.161. The van der Waals surface area contributed by atoms with Gasteiger partial charge in [-0.15, -0.1) is 11.3 Å². The summed E-state index contributed by atoms with van der Waals surface area (Å²) < 4.78 is 0. The molecule has 0 spiro atoms. The largest absolute Gasteiger partial charge is 0.369 e. The smallest absolute Gasteiger partial charge is 0.231 e. The van der Waals surface area contributed by atoms with Crippen LogP contribution in [0.5, 0.6) is 0 Å². The van der Waals surface area contributed by atoms with Crippen LogP contribution in [-0.2, 0) is 4.84 Å². The predicted molar refractivity (Wildman–Crippen MR) is 133 cm³/mol. The Kier molecular flexibility index (Phi) is 5.37. The van der Waals surface area contributed by atoms with E-state index >= 15 is 0 Å². The molecular formula is C24H27N7OS. The Morgan fingerprint density at radius 2 is 1.91 bits per heavy atom. The van der Waals surface area contributed by atoms with E-state index < -0.39 is 0 Å². The van der Waals surface area contributed by atoms with Crippen molar-refractivity contribution < 1.29 is 4.84 Å². The van der Waals surface area contributed by atoms with Crippen LogP contribution >= 0.6 is 11.3 Å². The third kappa shape index (κ3) is 4.03. The van der Waals surface area contributed by atoms with Gasteiger partial charge in [-0.25, -0.2) is 5.06 Å². The molecule has 0 saturated carbocycles. The quantitative estimate of drug-likeness (QED) is 0.456. The van der Waals surface area contributed by atoms with Gasteiger partial charge in [0.05, 0.1) is 18.0 Å². The van der Waals surface area contributed by atoms with Crippen molar-refractivity contribution in [1.29, 1.82) is 0 Å². The number of hydroxylamine groups is 1. The second kappa shape index (κ2) is 8.66. The van der Waals surface area contributed by atoms with Crippen LogP contribution in [0.4, 0.5) is 23.1 Å². The van der Waals surface area contributed by atoms with E-state index in [0.717, 1.165) is 55.1 Å². The number of piperazine rings is 1. The molecule has 1 aromatic carbocycles. The highest BCUT2D eigenvalue weighted by Gasteiger charge is 2.31. The molecule has 3 aromatic heterocycles. The molecule has 1 atom stereocenters. The van der Waals surface area contributed by atoms with Crippen molar-refractivity contribution in [3.05, 3.63) is 58.9 Å². The van der Waals surface area contributed by atoms with Crippen LogP contribution in [0, 0.1) is 0 Å². The average molecular weight is 462 g/mol. The molecule has 2 saturated heterocycles. The van der Waals surface area contributed by atoms with E-state index in [-0.39, 0.29) is 6.04 Å². The summed E-state index contributed by atoms with van der Waals surface area (Å²) in [5.74, 6) is 1.33. The van der Waals surface area contributed by atoms with Crippen molar-refractivity contribution in [2.45, 2.75) is 12.5 Å². The molecule has 6 rings (SSSR count). The molecule has 0 aliphatic carbocycles. The van der Waals surface area contributed by atoms with E-state index in [4.69, 9.17) is 14.8 Å². The fraction of sp³-hybridized carbons (Fsp3) is 0.333. The van der Waals surface area contributed by atoms with Gasteiger partial charge in [-0.2, -0.15) is 9.97 Å². The van der Waals surface area contributed by atoms with Crippen molar-refractivity contribution in [2.24, 2.45) is 0 Å². The van der Waals surface area contributed by atoms with E-state index in [2.05, 4.69) is 68.9 Å². The number of fused-ring (bicyclic) bond motifs is 1. The summed E-state index contributed by atoms with van der Waals surface area (Å²) in [5, 5.41) is 8.40. The highest BCUT2D eigenvalue weighted by molar-refractivity contribution is 7.10. The number of benzene rings is 1. The Hall–Kier alpha value is -3.14. The lowest BCUT2D eigenvalue weighted by atomic mass is 10.2. The van der Waals surface area contributed by atoms with E-state index in [0.29, 0.717) is 12.6 Å². The van der Waals surface area contributed by atoms with E-state index in [1.165, 1.54) is 10.6 Å². The minimum atomic E-state index is 0.161. The van der Waals surface area contributed by atoms with Gasteiger partial charge in [0.2, 0.25) is 5.95 Å². The number of H-pyrrole nitrogens is 1. The highest BCUT2D eigenvalue weighted by atomic mass is 32.1. The number of hydrogen-bond donors (Lipinski definition) is 2. The molecular weight excluding hydrogens is 434 g/mol. The number of likely N-dealkylation sites (N-methyl/N-ethyl adjacent to an activating group) is 1. The van der Waals surface area contributed by atoms with Crippen LogP contribution in [0.25, 0.3) is 11.0 Å². The summed E-state index contributed by atoms with van der Waals surface area (Å²) in [5.41, 5.74) is 3.00. The Morgan fingerprint density at radius 3 is 2.70 bits per heavy atom. The molecule has 8 nitrogen and oxygen atoms in total. The van der Waals surface area contributed by atoms with Crippen LogP contribution in [-0.4, -0.2) is 59.7 Å². The second-order valence-corrected chi connectivity index (χ2v) is 9.53.